The second kappa shape index (κ2) is 9.07. The summed E-state index contributed by atoms with van der Waals surface area (Å²) in [6.07, 6.45) is 0. The van der Waals surface area contributed by atoms with Crippen LogP contribution in [0.3, 0.4) is 0 Å². The Balaban J connectivity index is 0.00000243. The minimum absolute atomic E-state index is 0. The van der Waals surface area contributed by atoms with Crippen LogP contribution in [0, 0.1) is 0 Å². The van der Waals surface area contributed by atoms with Crippen molar-refractivity contribution in [1.29, 1.82) is 0 Å². The average molecular weight is 377 g/mol. The van der Waals surface area contributed by atoms with Crippen molar-refractivity contribution in [3.05, 3.63) is 78.9 Å². The first-order chi connectivity index (χ1) is 12.0. The molecular weight excluding hydrogens is 361 g/mol. The molecule has 6 nitrogen and oxygen atoms in total. The fourth-order valence-electron chi connectivity index (χ4n) is 2.16. The Morgan fingerprint density at radius 2 is 1.50 bits per heavy atom. The molecule has 0 amide bonds. The van der Waals surface area contributed by atoms with Gasteiger partial charge in [-0.05, 0) is 42.5 Å². The van der Waals surface area contributed by atoms with Crippen molar-refractivity contribution in [1.82, 2.24) is 0 Å². The van der Waals surface area contributed by atoms with Gasteiger partial charge in [0.1, 0.15) is 5.69 Å². The van der Waals surface area contributed by atoms with Gasteiger partial charge in [-0.1, -0.05) is 36.4 Å². The zero-order valence-corrected chi connectivity index (χ0v) is 13.9. The van der Waals surface area contributed by atoms with E-state index in [1.807, 2.05) is 48.5 Å². The summed E-state index contributed by atoms with van der Waals surface area (Å²) in [6, 6.07) is 22.7. The van der Waals surface area contributed by atoms with Crippen LogP contribution in [0.15, 0.2) is 94.0 Å². The molecule has 3 aromatic rings. The Labute approximate surface area is 174 Å². The summed E-state index contributed by atoms with van der Waals surface area (Å²) in [5.41, 5.74) is 2.61. The molecule has 8 heteroatoms. The topological polar surface area (TPSA) is 91.1 Å². The molecule has 0 aliphatic rings. The van der Waals surface area contributed by atoms with Crippen LogP contribution in [-0.4, -0.2) is 42.5 Å². The van der Waals surface area contributed by atoms with Crippen molar-refractivity contribution in [3.63, 3.8) is 0 Å². The standard InChI is InChI=1S/C18H15N3O3S.Na.H/c22-25(23,24)16-10-6-9-15(13-16)20-21-18-12-5-4-11-17(18)19-14-7-2-1-3-8-14;;/h1-13,19H,(H,22,23,24);;. The summed E-state index contributed by atoms with van der Waals surface area (Å²) in [5, 5.41) is 11.5. The Morgan fingerprint density at radius 1 is 0.808 bits per heavy atom. The second-order valence-electron chi connectivity index (χ2n) is 5.18. The number of hydrogen-bond acceptors (Lipinski definition) is 5. The van der Waals surface area contributed by atoms with Gasteiger partial charge in [0, 0.05) is 5.69 Å². The normalized spacial score (nSPS) is 11.1. The Hall–Kier alpha value is -2.03. The third-order valence-corrected chi connectivity index (χ3v) is 4.20. The van der Waals surface area contributed by atoms with Gasteiger partial charge in [0.25, 0.3) is 10.1 Å². The summed E-state index contributed by atoms with van der Waals surface area (Å²) in [6.45, 7) is 0. The van der Waals surface area contributed by atoms with E-state index in [4.69, 9.17) is 4.55 Å². The van der Waals surface area contributed by atoms with Gasteiger partial charge in [0.05, 0.1) is 16.3 Å². The van der Waals surface area contributed by atoms with Gasteiger partial charge in [-0.25, -0.2) is 0 Å². The first kappa shape index (κ1) is 20.3. The monoisotopic (exact) mass is 377 g/mol. The molecule has 3 aromatic carbocycles. The molecule has 0 heterocycles. The van der Waals surface area contributed by atoms with Crippen LogP contribution in [0.2, 0.25) is 0 Å². The number of para-hydroxylation sites is 2. The molecule has 0 saturated carbocycles. The Morgan fingerprint density at radius 3 is 2.23 bits per heavy atom. The van der Waals surface area contributed by atoms with Crippen molar-refractivity contribution in [2.75, 3.05) is 5.32 Å². The van der Waals surface area contributed by atoms with Crippen molar-refractivity contribution in [2.24, 2.45) is 10.2 Å². The van der Waals surface area contributed by atoms with E-state index < -0.39 is 10.1 Å². The molecule has 26 heavy (non-hydrogen) atoms. The van der Waals surface area contributed by atoms with E-state index >= 15 is 0 Å². The molecule has 3 rings (SSSR count). The van der Waals surface area contributed by atoms with Gasteiger partial charge in [-0.3, -0.25) is 4.55 Å². The molecule has 128 valence electrons. The van der Waals surface area contributed by atoms with Crippen LogP contribution in [-0.2, 0) is 10.1 Å². The van der Waals surface area contributed by atoms with Crippen LogP contribution in [0.4, 0.5) is 22.7 Å². The van der Waals surface area contributed by atoms with E-state index in [9.17, 15) is 8.42 Å². The Bertz CT molecular complexity index is 1010. The Kier molecular flexibility index (Phi) is 7.07. The molecule has 0 radical (unpaired) electrons. The van der Waals surface area contributed by atoms with E-state index in [2.05, 4.69) is 15.5 Å². The fraction of sp³-hybridized carbons (Fsp3) is 0. The van der Waals surface area contributed by atoms with Gasteiger partial charge in [0.2, 0.25) is 0 Å². The van der Waals surface area contributed by atoms with Crippen LogP contribution >= 0.6 is 0 Å². The van der Waals surface area contributed by atoms with Crippen LogP contribution in [0.25, 0.3) is 0 Å². The first-order valence-electron chi connectivity index (χ1n) is 7.43. The fourth-order valence-corrected chi connectivity index (χ4v) is 2.68. The van der Waals surface area contributed by atoms with Crippen molar-refractivity contribution in [3.8, 4) is 0 Å². The number of nitrogens with zero attached hydrogens (tertiary/aromatic N) is 2. The number of azo groups is 1. The third-order valence-electron chi connectivity index (χ3n) is 3.35. The number of benzene rings is 3. The molecular formula is C18H16N3NaO3S. The van der Waals surface area contributed by atoms with Crippen molar-refractivity contribution < 1.29 is 13.0 Å². The quantitative estimate of drug-likeness (QED) is 0.391. The molecule has 0 bridgehead atoms. The zero-order chi connectivity index (χ0) is 17.7. The maximum absolute atomic E-state index is 11.2. The maximum atomic E-state index is 11.2. The first-order valence-corrected chi connectivity index (χ1v) is 8.87. The summed E-state index contributed by atoms with van der Waals surface area (Å²) in [4.78, 5) is -0.223. The van der Waals surface area contributed by atoms with Crippen LogP contribution < -0.4 is 5.32 Å². The van der Waals surface area contributed by atoms with Gasteiger partial charge in [-0.15, -0.1) is 5.11 Å². The molecule has 0 saturated heterocycles. The van der Waals surface area contributed by atoms with Gasteiger partial charge in [-0.2, -0.15) is 13.5 Å². The van der Waals surface area contributed by atoms with E-state index in [0.717, 1.165) is 11.4 Å². The molecule has 0 aliphatic heterocycles. The van der Waals surface area contributed by atoms with E-state index in [1.54, 1.807) is 12.1 Å². The van der Waals surface area contributed by atoms with Crippen molar-refractivity contribution in [2.45, 2.75) is 4.90 Å². The molecule has 0 aromatic heterocycles. The van der Waals surface area contributed by atoms with Crippen LogP contribution in [0.5, 0.6) is 0 Å². The number of rotatable bonds is 5. The van der Waals surface area contributed by atoms with E-state index in [1.165, 1.54) is 18.2 Å². The summed E-state index contributed by atoms with van der Waals surface area (Å²) in [5.74, 6) is 0. The number of nitrogens with one attached hydrogen (secondary N) is 1. The second-order valence-corrected chi connectivity index (χ2v) is 6.60. The average Bonchev–Trinajstić information content (AvgIpc) is 2.61. The van der Waals surface area contributed by atoms with Gasteiger partial charge in [0.15, 0.2) is 0 Å². The molecule has 0 unspecified atom stereocenters. The van der Waals surface area contributed by atoms with Crippen LogP contribution in [0.1, 0.15) is 0 Å². The predicted octanol–water partition coefficient (Wildman–Crippen LogP) is 4.44. The summed E-state index contributed by atoms with van der Waals surface area (Å²) >= 11 is 0. The predicted molar refractivity (Wildman–Crippen MR) is 104 cm³/mol. The minimum atomic E-state index is -4.27. The SMILES string of the molecule is O=S(=O)(O)c1cccc(N=Nc2ccccc2Nc2ccccc2)c1.[NaH]. The van der Waals surface area contributed by atoms with E-state index in [0.29, 0.717) is 11.4 Å². The number of anilines is 2. The molecule has 0 fully saturated rings. The molecule has 0 spiro atoms. The van der Waals surface area contributed by atoms with Gasteiger partial charge < -0.3 is 5.32 Å². The summed E-state index contributed by atoms with van der Waals surface area (Å²) in [7, 11) is -4.27. The van der Waals surface area contributed by atoms with E-state index in [-0.39, 0.29) is 34.5 Å². The molecule has 0 aliphatic carbocycles. The van der Waals surface area contributed by atoms with Crippen molar-refractivity contribution >= 4 is 62.4 Å². The summed E-state index contributed by atoms with van der Waals surface area (Å²) < 4.78 is 31.5. The van der Waals surface area contributed by atoms with Gasteiger partial charge >= 0.3 is 29.6 Å². The number of hydrogen-bond donors (Lipinski definition) is 2. The molecule has 0 atom stereocenters. The molecule has 2 N–H and O–H groups in total. The zero-order valence-electron chi connectivity index (χ0n) is 13.1. The third kappa shape index (κ3) is 5.48.